The van der Waals surface area contributed by atoms with Gasteiger partial charge in [0, 0.05) is 28.4 Å². The molecule has 9 rings (SSSR count). The molecule has 4 aromatic heterocycles. The predicted octanol–water partition coefficient (Wildman–Crippen LogP) is 8.31. The molecule has 0 spiro atoms. The van der Waals surface area contributed by atoms with Crippen LogP contribution >= 0.6 is 34.0 Å². The number of hydrogen-bond donors (Lipinski definition) is 1. The highest BCUT2D eigenvalue weighted by molar-refractivity contribution is 7.28. The number of fused-ring (bicyclic) bond motifs is 6. The standard InChI is InChI=1S/C36H26N2O8S3/c1-2-38-22-6-4-3-5-20(22)21-15-18(7-8-23(21)38)31-27-28(44-12-11-43-27)34(48-31)35-30-29(45-13-14-46-30)33(49-35)32-26-25(41-9-10-42-26)24(47-32)16-19(17-37)36(39)40/h3-8,15-16H,2,9-14H2,1H3,(H,39,40)/b19-16+. The van der Waals surface area contributed by atoms with Crippen molar-refractivity contribution >= 4 is 67.9 Å². The van der Waals surface area contributed by atoms with Crippen molar-refractivity contribution in [3.05, 3.63) is 52.9 Å². The number of rotatable bonds is 6. The fourth-order valence-electron chi connectivity index (χ4n) is 6.57. The lowest BCUT2D eigenvalue weighted by Gasteiger charge is -2.19. The molecule has 3 aliphatic heterocycles. The summed E-state index contributed by atoms with van der Waals surface area (Å²) in [6, 6.07) is 16.8. The van der Waals surface area contributed by atoms with Crippen LogP contribution in [0.2, 0.25) is 0 Å². The molecular formula is C36H26N2O8S3. The first-order valence-corrected chi connectivity index (χ1v) is 18.1. The summed E-state index contributed by atoms with van der Waals surface area (Å²) in [5.74, 6) is 2.15. The Bertz CT molecular complexity index is 2410. The minimum absolute atomic E-state index is 0.304. The number of thiophene rings is 3. The van der Waals surface area contributed by atoms with E-state index in [0.29, 0.717) is 83.9 Å². The summed E-state index contributed by atoms with van der Waals surface area (Å²) < 4.78 is 39.6. The average Bonchev–Trinajstić information content (AvgIpc) is 3.89. The molecule has 13 heteroatoms. The van der Waals surface area contributed by atoms with Crippen molar-refractivity contribution in [1.29, 1.82) is 5.26 Å². The third kappa shape index (κ3) is 4.66. The Balaban J connectivity index is 1.22. The second-order valence-electron chi connectivity index (χ2n) is 11.3. The van der Waals surface area contributed by atoms with Gasteiger partial charge >= 0.3 is 5.97 Å². The van der Waals surface area contributed by atoms with E-state index in [1.807, 2.05) is 0 Å². The molecule has 49 heavy (non-hydrogen) atoms. The summed E-state index contributed by atoms with van der Waals surface area (Å²) in [5, 5.41) is 21.4. The number of hydrogen-bond acceptors (Lipinski definition) is 11. The number of carboxylic acid groups (broad SMARTS) is 1. The van der Waals surface area contributed by atoms with Gasteiger partial charge in [-0.3, -0.25) is 0 Å². The molecule has 0 amide bonds. The molecule has 1 N–H and O–H groups in total. The summed E-state index contributed by atoms with van der Waals surface area (Å²) in [7, 11) is 0. The summed E-state index contributed by atoms with van der Waals surface area (Å²) in [6.07, 6.45) is 1.32. The molecule has 0 unspecified atom stereocenters. The number of benzene rings is 2. The van der Waals surface area contributed by atoms with Crippen LogP contribution in [-0.2, 0) is 11.3 Å². The van der Waals surface area contributed by atoms with Crippen LogP contribution in [0.15, 0.2) is 48.0 Å². The van der Waals surface area contributed by atoms with Crippen LogP contribution in [0.1, 0.15) is 11.8 Å². The van der Waals surface area contributed by atoms with Crippen LogP contribution in [0, 0.1) is 11.3 Å². The minimum atomic E-state index is -1.31. The van der Waals surface area contributed by atoms with E-state index in [0.717, 1.165) is 31.6 Å². The van der Waals surface area contributed by atoms with Crippen molar-refractivity contribution in [2.75, 3.05) is 39.6 Å². The first-order chi connectivity index (χ1) is 24.1. The smallest absolute Gasteiger partial charge is 0.346 e. The van der Waals surface area contributed by atoms with E-state index >= 15 is 0 Å². The van der Waals surface area contributed by atoms with Gasteiger partial charge in [-0.15, -0.1) is 34.0 Å². The van der Waals surface area contributed by atoms with Gasteiger partial charge in [-0.05, 0) is 36.8 Å². The Labute approximate surface area is 291 Å². The zero-order valence-corrected chi connectivity index (χ0v) is 28.4. The highest BCUT2D eigenvalue weighted by Crippen LogP contribution is 2.64. The number of nitrogens with zero attached hydrogens (tertiary/aromatic N) is 2. The van der Waals surface area contributed by atoms with Crippen LogP contribution in [0.25, 0.3) is 57.8 Å². The Morgan fingerprint density at radius 1 is 0.735 bits per heavy atom. The first-order valence-electron chi connectivity index (χ1n) is 15.7. The molecule has 0 aliphatic carbocycles. The first kappa shape index (κ1) is 29.9. The van der Waals surface area contributed by atoms with Crippen molar-refractivity contribution in [2.24, 2.45) is 0 Å². The Morgan fingerprint density at radius 2 is 1.24 bits per heavy atom. The van der Waals surface area contributed by atoms with E-state index in [4.69, 9.17) is 28.4 Å². The Kier molecular flexibility index (Phi) is 7.19. The number of aryl methyl sites for hydroxylation is 1. The molecule has 0 fully saturated rings. The van der Waals surface area contributed by atoms with Gasteiger partial charge < -0.3 is 38.1 Å². The second-order valence-corrected chi connectivity index (χ2v) is 14.4. The monoisotopic (exact) mass is 710 g/mol. The molecule has 0 saturated carbocycles. The van der Waals surface area contributed by atoms with Crippen molar-refractivity contribution in [2.45, 2.75) is 13.5 Å². The van der Waals surface area contributed by atoms with Gasteiger partial charge in [-0.2, -0.15) is 5.26 Å². The number of ether oxygens (including phenoxy) is 6. The van der Waals surface area contributed by atoms with Crippen LogP contribution in [0.5, 0.6) is 34.5 Å². The number of para-hydroxylation sites is 1. The fourth-order valence-corrected chi connectivity index (χ4v) is 10.3. The number of carbonyl (C=O) groups is 1. The highest BCUT2D eigenvalue weighted by Gasteiger charge is 2.36. The zero-order valence-electron chi connectivity index (χ0n) is 26.0. The summed E-state index contributed by atoms with van der Waals surface area (Å²) in [4.78, 5) is 16.3. The molecule has 0 radical (unpaired) electrons. The van der Waals surface area contributed by atoms with Gasteiger partial charge in [0.25, 0.3) is 0 Å². The van der Waals surface area contributed by atoms with Gasteiger partial charge in [0.05, 0.1) is 29.3 Å². The fraction of sp³-hybridized carbons (Fsp3) is 0.222. The third-order valence-electron chi connectivity index (χ3n) is 8.61. The largest absolute Gasteiger partial charge is 0.485 e. The molecule has 6 aromatic rings. The maximum absolute atomic E-state index is 11.7. The minimum Gasteiger partial charge on any atom is -0.485 e. The van der Waals surface area contributed by atoms with E-state index in [9.17, 15) is 15.2 Å². The van der Waals surface area contributed by atoms with Crippen LogP contribution in [0.3, 0.4) is 0 Å². The number of nitriles is 1. The molecule has 0 bridgehead atoms. The lowest BCUT2D eigenvalue weighted by atomic mass is 10.1. The van der Waals surface area contributed by atoms with Crippen LogP contribution in [0.4, 0.5) is 0 Å². The van der Waals surface area contributed by atoms with E-state index < -0.39 is 11.5 Å². The third-order valence-corrected chi connectivity index (χ3v) is 12.4. The lowest BCUT2D eigenvalue weighted by Crippen LogP contribution is -2.16. The quantitative estimate of drug-likeness (QED) is 0.134. The Hall–Kier alpha value is -5.16. The van der Waals surface area contributed by atoms with E-state index in [-0.39, 0.29) is 0 Å². The van der Waals surface area contributed by atoms with Gasteiger partial charge in [0.15, 0.2) is 34.5 Å². The van der Waals surface area contributed by atoms with E-state index in [2.05, 4.69) is 54.0 Å². The van der Waals surface area contributed by atoms with Gasteiger partial charge in [0.2, 0.25) is 0 Å². The summed E-state index contributed by atoms with van der Waals surface area (Å²) >= 11 is 4.36. The van der Waals surface area contributed by atoms with Crippen LogP contribution in [-0.4, -0.2) is 55.3 Å². The number of aromatic nitrogens is 1. The molecule has 246 valence electrons. The zero-order chi connectivity index (χ0) is 33.2. The van der Waals surface area contributed by atoms with Gasteiger partial charge in [-0.25, -0.2) is 4.79 Å². The SMILES string of the molecule is CCn1c2ccccc2c2cc(-c3sc(-c4sc(-c5sc(/C=C(\C#N)C(=O)O)c6c5OCCO6)c5c4OCCO5)c4c3OCCO4)ccc21. The summed E-state index contributed by atoms with van der Waals surface area (Å²) in [5.41, 5.74) is 3.03. The number of aliphatic carboxylic acids is 1. The molecule has 10 nitrogen and oxygen atoms in total. The van der Waals surface area contributed by atoms with Gasteiger partial charge in [0.1, 0.15) is 51.3 Å². The lowest BCUT2D eigenvalue weighted by molar-refractivity contribution is -0.132. The normalized spacial score (nSPS) is 15.1. The molecular weight excluding hydrogens is 685 g/mol. The van der Waals surface area contributed by atoms with Crippen molar-refractivity contribution in [3.63, 3.8) is 0 Å². The van der Waals surface area contributed by atoms with Crippen LogP contribution < -0.4 is 28.4 Å². The summed E-state index contributed by atoms with van der Waals surface area (Å²) in [6.45, 7) is 5.27. The molecule has 0 saturated heterocycles. The maximum Gasteiger partial charge on any atom is 0.346 e. The predicted molar refractivity (Wildman–Crippen MR) is 189 cm³/mol. The Morgan fingerprint density at radius 3 is 1.84 bits per heavy atom. The van der Waals surface area contributed by atoms with Crippen molar-refractivity contribution < 1.29 is 38.3 Å². The maximum atomic E-state index is 11.7. The average molecular weight is 711 g/mol. The van der Waals surface area contributed by atoms with E-state index in [1.54, 1.807) is 17.4 Å². The number of carboxylic acids is 1. The van der Waals surface area contributed by atoms with Crippen molar-refractivity contribution in [3.8, 4) is 70.5 Å². The molecule has 7 heterocycles. The van der Waals surface area contributed by atoms with Gasteiger partial charge in [-0.1, -0.05) is 24.3 Å². The second kappa shape index (κ2) is 11.8. The topological polar surface area (TPSA) is 121 Å². The molecule has 0 atom stereocenters. The van der Waals surface area contributed by atoms with E-state index in [1.165, 1.54) is 50.6 Å². The van der Waals surface area contributed by atoms with Crippen molar-refractivity contribution in [1.82, 2.24) is 4.57 Å². The highest BCUT2D eigenvalue weighted by atomic mass is 32.1. The molecule has 2 aromatic carbocycles. The molecule has 3 aliphatic rings.